The van der Waals surface area contributed by atoms with E-state index in [1.807, 2.05) is 0 Å². The van der Waals surface area contributed by atoms with Crippen LogP contribution in [0.15, 0.2) is 22.7 Å². The van der Waals surface area contributed by atoms with Crippen LogP contribution in [0.25, 0.3) is 0 Å². The van der Waals surface area contributed by atoms with Crippen molar-refractivity contribution < 1.29 is 15.0 Å². The molecule has 2 rings (SSSR count). The molecule has 1 atom stereocenters. The zero-order valence-electron chi connectivity index (χ0n) is 8.56. The molecule has 4 nitrogen and oxygen atoms in total. The van der Waals surface area contributed by atoms with E-state index in [0.717, 1.165) is 10.0 Å². The van der Waals surface area contributed by atoms with Gasteiger partial charge in [-0.2, -0.15) is 0 Å². The predicted molar refractivity (Wildman–Crippen MR) is 63.0 cm³/mol. The third-order valence-corrected chi connectivity index (χ3v) is 3.46. The quantitative estimate of drug-likeness (QED) is 0.854. The minimum absolute atomic E-state index is 0.0843. The number of hydrogen-bond acceptors (Lipinski definition) is 3. The number of carbonyl (C=O) groups excluding carboxylic acids is 1. The maximum absolute atomic E-state index is 11.6. The van der Waals surface area contributed by atoms with Crippen molar-refractivity contribution in [1.82, 2.24) is 0 Å². The molecule has 0 saturated carbocycles. The van der Waals surface area contributed by atoms with Gasteiger partial charge in [-0.25, -0.2) is 0 Å². The van der Waals surface area contributed by atoms with E-state index in [4.69, 9.17) is 5.11 Å². The van der Waals surface area contributed by atoms with Gasteiger partial charge < -0.3 is 15.1 Å². The molecule has 1 saturated heterocycles. The standard InChI is InChI=1S/C11H12BrNO3/c12-9-2-1-8(5-7(9)6-14)13-4-3-10(15)11(13)16/h1-2,5,10,14-15H,3-4,6H2/t10-/m1/s1. The first-order valence-electron chi connectivity index (χ1n) is 5.02. The summed E-state index contributed by atoms with van der Waals surface area (Å²) in [7, 11) is 0. The van der Waals surface area contributed by atoms with E-state index < -0.39 is 6.10 Å². The molecule has 1 aromatic carbocycles. The minimum atomic E-state index is -0.888. The Balaban J connectivity index is 2.31. The van der Waals surface area contributed by atoms with Crippen LogP contribution in [0.3, 0.4) is 0 Å². The van der Waals surface area contributed by atoms with Crippen molar-refractivity contribution in [3.05, 3.63) is 28.2 Å². The van der Waals surface area contributed by atoms with Gasteiger partial charge in [-0.3, -0.25) is 4.79 Å². The van der Waals surface area contributed by atoms with Crippen LogP contribution in [0.2, 0.25) is 0 Å². The van der Waals surface area contributed by atoms with Crippen molar-refractivity contribution in [2.45, 2.75) is 19.1 Å². The highest BCUT2D eigenvalue weighted by Crippen LogP contribution is 2.26. The summed E-state index contributed by atoms with van der Waals surface area (Å²) in [6, 6.07) is 5.33. The average molecular weight is 286 g/mol. The van der Waals surface area contributed by atoms with Crippen molar-refractivity contribution in [1.29, 1.82) is 0 Å². The number of carbonyl (C=O) groups is 1. The van der Waals surface area contributed by atoms with Gasteiger partial charge in [0.1, 0.15) is 6.10 Å². The summed E-state index contributed by atoms with van der Waals surface area (Å²) in [6.45, 7) is 0.436. The molecule has 1 aliphatic rings. The molecule has 16 heavy (non-hydrogen) atoms. The van der Waals surface area contributed by atoms with Crippen LogP contribution in [0, 0.1) is 0 Å². The Hall–Kier alpha value is -0.910. The Kier molecular flexibility index (Phi) is 3.28. The van der Waals surface area contributed by atoms with Gasteiger partial charge in [-0.05, 0) is 23.8 Å². The Morgan fingerprint density at radius 2 is 2.25 bits per heavy atom. The predicted octanol–water partition coefficient (Wildman–Crippen LogP) is 1.04. The topological polar surface area (TPSA) is 60.8 Å². The van der Waals surface area contributed by atoms with Crippen molar-refractivity contribution in [2.75, 3.05) is 11.4 Å². The lowest BCUT2D eigenvalue weighted by Gasteiger charge is -2.17. The number of aliphatic hydroxyl groups is 2. The van der Waals surface area contributed by atoms with E-state index in [1.165, 1.54) is 4.90 Å². The molecule has 1 aromatic rings. The van der Waals surface area contributed by atoms with E-state index in [2.05, 4.69) is 15.9 Å². The van der Waals surface area contributed by atoms with Gasteiger partial charge >= 0.3 is 0 Å². The molecule has 0 radical (unpaired) electrons. The summed E-state index contributed by atoms with van der Waals surface area (Å²) in [6.07, 6.45) is -0.426. The summed E-state index contributed by atoms with van der Waals surface area (Å²) in [5.74, 6) is -0.272. The van der Waals surface area contributed by atoms with Gasteiger partial charge in [0.25, 0.3) is 5.91 Å². The first-order valence-corrected chi connectivity index (χ1v) is 5.81. The molecule has 1 fully saturated rings. The summed E-state index contributed by atoms with van der Waals surface area (Å²) >= 11 is 3.31. The molecule has 1 amide bonds. The largest absolute Gasteiger partial charge is 0.392 e. The molecule has 2 N–H and O–H groups in total. The number of hydrogen-bond donors (Lipinski definition) is 2. The maximum atomic E-state index is 11.6. The number of halogens is 1. The van der Waals surface area contributed by atoms with Gasteiger partial charge in [0.2, 0.25) is 0 Å². The molecule has 0 aliphatic carbocycles. The highest BCUT2D eigenvalue weighted by molar-refractivity contribution is 9.10. The van der Waals surface area contributed by atoms with Crippen LogP contribution in [0.1, 0.15) is 12.0 Å². The van der Waals surface area contributed by atoms with Gasteiger partial charge in [-0.1, -0.05) is 15.9 Å². The maximum Gasteiger partial charge on any atom is 0.255 e. The highest BCUT2D eigenvalue weighted by atomic mass is 79.9. The van der Waals surface area contributed by atoms with Gasteiger partial charge in [-0.15, -0.1) is 0 Å². The Bertz CT molecular complexity index is 422. The highest BCUT2D eigenvalue weighted by Gasteiger charge is 2.30. The first-order chi connectivity index (χ1) is 7.63. The third kappa shape index (κ3) is 1.98. The molecule has 1 heterocycles. The molecule has 0 aromatic heterocycles. The number of aliphatic hydroxyl groups excluding tert-OH is 2. The molecule has 0 spiro atoms. The summed E-state index contributed by atoms with van der Waals surface area (Å²) in [4.78, 5) is 13.1. The smallest absolute Gasteiger partial charge is 0.255 e. The zero-order chi connectivity index (χ0) is 11.7. The van der Waals surface area contributed by atoms with E-state index in [-0.39, 0.29) is 12.5 Å². The summed E-state index contributed by atoms with van der Waals surface area (Å²) < 4.78 is 0.811. The Morgan fingerprint density at radius 3 is 2.81 bits per heavy atom. The van der Waals surface area contributed by atoms with E-state index >= 15 is 0 Å². The SMILES string of the molecule is O=C1[C@H](O)CCN1c1ccc(Br)c(CO)c1. The van der Waals surface area contributed by atoms with Crippen molar-refractivity contribution in [3.63, 3.8) is 0 Å². The number of benzene rings is 1. The van der Waals surface area contributed by atoms with Crippen LogP contribution in [0.5, 0.6) is 0 Å². The molecule has 1 aliphatic heterocycles. The Labute approximate surface area is 102 Å². The third-order valence-electron chi connectivity index (χ3n) is 2.69. The Morgan fingerprint density at radius 1 is 1.50 bits per heavy atom. The number of nitrogens with zero attached hydrogens (tertiary/aromatic N) is 1. The van der Waals surface area contributed by atoms with Crippen molar-refractivity contribution in [3.8, 4) is 0 Å². The molecule has 0 unspecified atom stereocenters. The normalized spacial score (nSPS) is 20.6. The average Bonchev–Trinajstić information content (AvgIpc) is 2.61. The van der Waals surface area contributed by atoms with Crippen LogP contribution in [-0.4, -0.2) is 28.8 Å². The van der Waals surface area contributed by atoms with Crippen molar-refractivity contribution >= 4 is 27.5 Å². The second-order valence-corrected chi connectivity index (χ2v) is 4.58. The number of amides is 1. The second-order valence-electron chi connectivity index (χ2n) is 3.73. The lowest BCUT2D eigenvalue weighted by Crippen LogP contribution is -2.29. The lowest BCUT2D eigenvalue weighted by molar-refractivity contribution is -0.123. The second kappa shape index (κ2) is 4.53. The van der Waals surface area contributed by atoms with E-state index in [0.29, 0.717) is 18.7 Å². The van der Waals surface area contributed by atoms with Crippen molar-refractivity contribution in [2.24, 2.45) is 0 Å². The fourth-order valence-corrected chi connectivity index (χ4v) is 2.14. The summed E-state index contributed by atoms with van der Waals surface area (Å²) in [5, 5.41) is 18.5. The number of rotatable bonds is 2. The fourth-order valence-electron chi connectivity index (χ4n) is 1.77. The fraction of sp³-hybridized carbons (Fsp3) is 0.364. The van der Waals surface area contributed by atoms with Crippen LogP contribution >= 0.6 is 15.9 Å². The monoisotopic (exact) mass is 285 g/mol. The van der Waals surface area contributed by atoms with Crippen LogP contribution < -0.4 is 4.90 Å². The molecule has 0 bridgehead atoms. The zero-order valence-corrected chi connectivity index (χ0v) is 10.1. The van der Waals surface area contributed by atoms with Crippen LogP contribution in [-0.2, 0) is 11.4 Å². The summed E-state index contributed by atoms with van der Waals surface area (Å²) in [5.41, 5.74) is 1.44. The molecule has 86 valence electrons. The van der Waals surface area contributed by atoms with E-state index in [1.54, 1.807) is 18.2 Å². The van der Waals surface area contributed by atoms with E-state index in [9.17, 15) is 9.90 Å². The minimum Gasteiger partial charge on any atom is -0.392 e. The number of anilines is 1. The van der Waals surface area contributed by atoms with Gasteiger partial charge in [0.15, 0.2) is 0 Å². The van der Waals surface area contributed by atoms with Crippen LogP contribution in [0.4, 0.5) is 5.69 Å². The molecular formula is C11H12BrNO3. The lowest BCUT2D eigenvalue weighted by atomic mass is 10.2. The first kappa shape index (κ1) is 11.6. The molecular weight excluding hydrogens is 274 g/mol. The molecule has 5 heteroatoms. The van der Waals surface area contributed by atoms with Gasteiger partial charge in [0.05, 0.1) is 6.61 Å². The van der Waals surface area contributed by atoms with Gasteiger partial charge in [0, 0.05) is 23.1 Å².